The first-order chi connectivity index (χ1) is 5.86. The molecule has 1 fully saturated rings. The van der Waals surface area contributed by atoms with Crippen molar-refractivity contribution < 1.29 is 9.78 Å². The largest absolute Gasteiger partial charge is 0.297 e. The first-order valence-corrected chi connectivity index (χ1v) is 4.27. The van der Waals surface area contributed by atoms with E-state index in [4.69, 9.17) is 10.1 Å². The molecule has 1 aliphatic carbocycles. The van der Waals surface area contributed by atoms with Gasteiger partial charge in [0.15, 0.2) is 0 Å². The smallest absolute Gasteiger partial charge is 0.122 e. The van der Waals surface area contributed by atoms with Gasteiger partial charge in [-0.1, -0.05) is 0 Å². The van der Waals surface area contributed by atoms with Gasteiger partial charge in [-0.25, -0.2) is 9.78 Å². The van der Waals surface area contributed by atoms with Crippen molar-refractivity contribution in [2.24, 2.45) is 0 Å². The number of rotatable bonds is 6. The number of hydrogen-bond donors (Lipinski definition) is 1. The van der Waals surface area contributed by atoms with Crippen molar-refractivity contribution in [3.8, 4) is 6.07 Å². The summed E-state index contributed by atoms with van der Waals surface area (Å²) in [5, 5.41) is 11.8. The Bertz CT molecular complexity index is 163. The van der Waals surface area contributed by atoms with E-state index in [2.05, 4.69) is 16.3 Å². The summed E-state index contributed by atoms with van der Waals surface area (Å²) in [6.07, 6.45) is 2.35. The molecule has 0 saturated heterocycles. The SMILES string of the molecule is CCOOCC(C#N)NC1CC1. The maximum absolute atomic E-state index is 8.65. The third kappa shape index (κ3) is 3.67. The van der Waals surface area contributed by atoms with Crippen molar-refractivity contribution in [1.29, 1.82) is 5.26 Å². The molecule has 12 heavy (non-hydrogen) atoms. The molecule has 1 atom stereocenters. The minimum absolute atomic E-state index is 0.232. The molecule has 1 aliphatic rings. The zero-order valence-corrected chi connectivity index (χ0v) is 7.25. The maximum atomic E-state index is 8.65. The van der Waals surface area contributed by atoms with E-state index < -0.39 is 0 Å². The Labute approximate surface area is 72.4 Å². The van der Waals surface area contributed by atoms with Crippen LogP contribution in [0.3, 0.4) is 0 Å². The number of nitrogens with one attached hydrogen (secondary N) is 1. The van der Waals surface area contributed by atoms with Crippen LogP contribution in [0.1, 0.15) is 19.8 Å². The third-order valence-electron chi connectivity index (χ3n) is 1.61. The van der Waals surface area contributed by atoms with E-state index in [0.717, 1.165) is 0 Å². The lowest BCUT2D eigenvalue weighted by Gasteiger charge is -2.09. The molecular formula is C8H14N2O2. The first-order valence-electron chi connectivity index (χ1n) is 4.27. The predicted molar refractivity (Wildman–Crippen MR) is 43.1 cm³/mol. The monoisotopic (exact) mass is 170 g/mol. The van der Waals surface area contributed by atoms with Crippen molar-refractivity contribution in [1.82, 2.24) is 5.32 Å². The Morgan fingerprint density at radius 2 is 2.33 bits per heavy atom. The fourth-order valence-electron chi connectivity index (χ4n) is 0.857. The molecule has 1 unspecified atom stereocenters. The zero-order valence-electron chi connectivity index (χ0n) is 7.25. The predicted octanol–water partition coefficient (Wildman–Crippen LogP) is 0.599. The van der Waals surface area contributed by atoms with Crippen molar-refractivity contribution in [2.45, 2.75) is 31.8 Å². The van der Waals surface area contributed by atoms with E-state index in [1.807, 2.05) is 6.92 Å². The third-order valence-corrected chi connectivity index (χ3v) is 1.61. The van der Waals surface area contributed by atoms with Crippen LogP contribution in [0, 0.1) is 11.3 Å². The molecule has 4 nitrogen and oxygen atoms in total. The molecule has 0 bridgehead atoms. The van der Waals surface area contributed by atoms with Crippen molar-refractivity contribution in [3.05, 3.63) is 0 Å². The Balaban J connectivity index is 2.04. The Kier molecular flexibility index (Phi) is 4.01. The van der Waals surface area contributed by atoms with Gasteiger partial charge in [-0.15, -0.1) is 0 Å². The molecule has 0 aromatic rings. The van der Waals surface area contributed by atoms with E-state index in [9.17, 15) is 0 Å². The molecule has 0 heterocycles. The van der Waals surface area contributed by atoms with E-state index >= 15 is 0 Å². The molecule has 0 aromatic carbocycles. The Morgan fingerprint density at radius 1 is 1.58 bits per heavy atom. The second kappa shape index (κ2) is 5.09. The highest BCUT2D eigenvalue weighted by atomic mass is 17.2. The maximum Gasteiger partial charge on any atom is 0.122 e. The molecule has 0 aromatic heterocycles. The summed E-state index contributed by atoms with van der Waals surface area (Å²) < 4.78 is 0. The van der Waals surface area contributed by atoms with Crippen LogP contribution >= 0.6 is 0 Å². The van der Waals surface area contributed by atoms with E-state index in [1.54, 1.807) is 0 Å². The second-order valence-electron chi connectivity index (χ2n) is 2.81. The summed E-state index contributed by atoms with van der Waals surface area (Å²) in [6.45, 7) is 2.66. The summed E-state index contributed by atoms with van der Waals surface area (Å²) in [4.78, 5) is 9.46. The highest BCUT2D eigenvalue weighted by Crippen LogP contribution is 2.19. The molecule has 1 saturated carbocycles. The van der Waals surface area contributed by atoms with Gasteiger partial charge in [-0.05, 0) is 19.8 Å². The quantitative estimate of drug-likeness (QED) is 0.360. The zero-order chi connectivity index (χ0) is 8.81. The summed E-state index contributed by atoms with van der Waals surface area (Å²) in [5.74, 6) is 0. The fourth-order valence-corrected chi connectivity index (χ4v) is 0.857. The normalized spacial score (nSPS) is 18.7. The van der Waals surface area contributed by atoms with Gasteiger partial charge in [-0.2, -0.15) is 5.26 Å². The minimum Gasteiger partial charge on any atom is -0.297 e. The number of hydrogen-bond acceptors (Lipinski definition) is 4. The Hall–Kier alpha value is -0.630. The number of nitrogens with zero attached hydrogens (tertiary/aromatic N) is 1. The summed E-state index contributed by atoms with van der Waals surface area (Å²) in [5.41, 5.74) is 0. The summed E-state index contributed by atoms with van der Waals surface area (Å²) >= 11 is 0. The van der Waals surface area contributed by atoms with Crippen molar-refractivity contribution in [2.75, 3.05) is 13.2 Å². The molecule has 4 heteroatoms. The molecular weight excluding hydrogens is 156 g/mol. The van der Waals surface area contributed by atoms with Crippen LogP contribution in [-0.2, 0) is 9.78 Å². The molecule has 0 aliphatic heterocycles. The van der Waals surface area contributed by atoms with Gasteiger partial charge in [0, 0.05) is 6.04 Å². The topological polar surface area (TPSA) is 54.3 Å². The van der Waals surface area contributed by atoms with Gasteiger partial charge in [0.05, 0.1) is 12.7 Å². The van der Waals surface area contributed by atoms with Gasteiger partial charge in [-0.3, -0.25) is 5.32 Å². The summed E-state index contributed by atoms with van der Waals surface area (Å²) in [7, 11) is 0. The van der Waals surface area contributed by atoms with Crippen LogP contribution in [0.25, 0.3) is 0 Å². The van der Waals surface area contributed by atoms with Crippen molar-refractivity contribution >= 4 is 0 Å². The van der Waals surface area contributed by atoms with E-state index in [1.165, 1.54) is 12.8 Å². The van der Waals surface area contributed by atoms with Gasteiger partial charge in [0.2, 0.25) is 0 Å². The first kappa shape index (κ1) is 9.46. The van der Waals surface area contributed by atoms with Gasteiger partial charge >= 0.3 is 0 Å². The molecule has 0 spiro atoms. The lowest BCUT2D eigenvalue weighted by Crippen LogP contribution is -2.33. The second-order valence-corrected chi connectivity index (χ2v) is 2.81. The average Bonchev–Trinajstić information content (AvgIpc) is 2.87. The van der Waals surface area contributed by atoms with E-state index in [0.29, 0.717) is 19.3 Å². The Morgan fingerprint density at radius 3 is 2.83 bits per heavy atom. The van der Waals surface area contributed by atoms with Crippen LogP contribution < -0.4 is 5.32 Å². The highest BCUT2D eigenvalue weighted by Gasteiger charge is 2.24. The fraction of sp³-hybridized carbons (Fsp3) is 0.875. The molecule has 0 amide bonds. The van der Waals surface area contributed by atoms with Crippen LogP contribution in [-0.4, -0.2) is 25.3 Å². The molecule has 1 rings (SSSR count). The average molecular weight is 170 g/mol. The standard InChI is InChI=1S/C8H14N2O2/c1-2-11-12-6-8(5-9)10-7-3-4-7/h7-8,10H,2-4,6H2,1H3. The van der Waals surface area contributed by atoms with Crippen molar-refractivity contribution in [3.63, 3.8) is 0 Å². The van der Waals surface area contributed by atoms with Crippen LogP contribution in [0.5, 0.6) is 0 Å². The van der Waals surface area contributed by atoms with Crippen LogP contribution in [0.4, 0.5) is 0 Å². The molecule has 1 N–H and O–H groups in total. The number of nitriles is 1. The minimum atomic E-state index is -0.232. The van der Waals surface area contributed by atoms with Crippen LogP contribution in [0.15, 0.2) is 0 Å². The molecule has 68 valence electrons. The van der Waals surface area contributed by atoms with Gasteiger partial charge < -0.3 is 0 Å². The van der Waals surface area contributed by atoms with E-state index in [-0.39, 0.29) is 6.04 Å². The van der Waals surface area contributed by atoms with Gasteiger partial charge in [0.1, 0.15) is 12.6 Å². The van der Waals surface area contributed by atoms with Gasteiger partial charge in [0.25, 0.3) is 0 Å². The summed E-state index contributed by atoms with van der Waals surface area (Å²) in [6, 6.07) is 2.41. The lowest BCUT2D eigenvalue weighted by atomic mass is 10.3. The molecule has 0 radical (unpaired) electrons. The lowest BCUT2D eigenvalue weighted by molar-refractivity contribution is -0.292. The highest BCUT2D eigenvalue weighted by molar-refractivity contribution is 4.95. The van der Waals surface area contributed by atoms with Crippen LogP contribution in [0.2, 0.25) is 0 Å².